The van der Waals surface area contributed by atoms with E-state index in [1.165, 1.54) is 25.5 Å². The van der Waals surface area contributed by atoms with E-state index < -0.39 is 35.8 Å². The van der Waals surface area contributed by atoms with E-state index in [1.807, 2.05) is 19.9 Å². The van der Waals surface area contributed by atoms with Crippen LogP contribution in [-0.4, -0.2) is 24.1 Å². The zero-order valence-electron chi connectivity index (χ0n) is 29.0. The fourth-order valence-electron chi connectivity index (χ4n) is 3.94. The number of alkyl halides is 6. The Bertz CT molecular complexity index is 1280. The molecule has 0 saturated carbocycles. The number of hydrogen-bond donors (Lipinski definition) is 2. The summed E-state index contributed by atoms with van der Waals surface area (Å²) in [5.41, 5.74) is 0.00768. The number of nitrogens with one attached hydrogen (secondary N) is 2. The molecule has 0 aliphatic carbocycles. The monoisotopic (exact) mass is 687 g/mol. The van der Waals surface area contributed by atoms with Crippen molar-refractivity contribution in [3.8, 4) is 0 Å². The molecule has 2 N–H and O–H groups in total. The van der Waals surface area contributed by atoms with Gasteiger partial charge in [-0.25, -0.2) is 0 Å². The summed E-state index contributed by atoms with van der Waals surface area (Å²) in [5.74, 6) is -2.34. The molecule has 11 heteroatoms. The second-order valence-electron chi connectivity index (χ2n) is 11.3. The lowest BCUT2D eigenvalue weighted by molar-refractivity contribution is -0.156. The Labute approximate surface area is 279 Å². The Morgan fingerprint density at radius 3 is 2.13 bits per heavy atom. The number of amides is 1. The average Bonchev–Trinajstić information content (AvgIpc) is 2.97. The molecule has 4 unspecified atom stereocenters. The molecule has 0 radical (unpaired) electrons. The van der Waals surface area contributed by atoms with Crippen molar-refractivity contribution >= 4 is 26.4 Å². The largest absolute Gasteiger partial charge is 0.416 e. The van der Waals surface area contributed by atoms with Crippen molar-refractivity contribution in [1.82, 2.24) is 5.32 Å². The minimum absolute atomic E-state index is 0.0509. The predicted molar refractivity (Wildman–Crippen MR) is 188 cm³/mol. The van der Waals surface area contributed by atoms with Crippen LogP contribution in [0.25, 0.3) is 0 Å². The number of rotatable bonds is 10. The Kier molecular flexibility index (Phi) is 20.4. The number of nitrogens with zero attached hydrogens (tertiary/aromatic N) is 1. The molecule has 264 valence electrons. The minimum Gasteiger partial charge on any atom is -0.322 e. The maximum Gasteiger partial charge on any atom is 0.416 e. The number of hydrogen-bond acceptors (Lipinski definition) is 3. The van der Waals surface area contributed by atoms with Gasteiger partial charge in [0.05, 0.1) is 23.0 Å². The predicted octanol–water partition coefficient (Wildman–Crippen LogP) is 11.9. The first kappa shape index (κ1) is 44.0. The van der Waals surface area contributed by atoms with Crippen LogP contribution in [0.4, 0.5) is 32.0 Å². The highest BCUT2D eigenvalue weighted by atomic mass is 31.1. The Hall–Kier alpha value is -2.97. The molecule has 1 aromatic carbocycles. The summed E-state index contributed by atoms with van der Waals surface area (Å²) in [7, 11) is 0.264. The molecule has 1 aromatic rings. The van der Waals surface area contributed by atoms with Gasteiger partial charge in [0.1, 0.15) is 0 Å². The first-order chi connectivity index (χ1) is 21.9. The van der Waals surface area contributed by atoms with Crippen LogP contribution in [0.5, 0.6) is 0 Å². The van der Waals surface area contributed by atoms with Gasteiger partial charge in [-0.1, -0.05) is 93.0 Å². The number of aliphatic imine (C=N–C) groups is 1. The van der Waals surface area contributed by atoms with E-state index in [0.29, 0.717) is 5.92 Å². The van der Waals surface area contributed by atoms with Gasteiger partial charge in [0.25, 0.3) is 5.91 Å². The van der Waals surface area contributed by atoms with Crippen LogP contribution in [-0.2, 0) is 11.0 Å². The van der Waals surface area contributed by atoms with Gasteiger partial charge in [-0.3, -0.25) is 15.1 Å². The third-order valence-corrected chi connectivity index (χ3v) is 7.70. The molecular formula is C36H52F6N3OP. The lowest BCUT2D eigenvalue weighted by Crippen LogP contribution is -2.32. The van der Waals surface area contributed by atoms with Crippen LogP contribution in [0.15, 0.2) is 82.8 Å². The SMILES string of the molecule is C/C=C(\C=C/C(C)C(F)(F)F)C(=O)Nc1ccc(C(F)(F)F)c(C(C)NC2C=NC(=C/CC)/C(=C/CC(C)C)P2)c1.C=CC.CCC. The summed E-state index contributed by atoms with van der Waals surface area (Å²) in [6.07, 6.45) is 4.70. The van der Waals surface area contributed by atoms with Gasteiger partial charge in [0.15, 0.2) is 0 Å². The molecule has 1 amide bonds. The van der Waals surface area contributed by atoms with Gasteiger partial charge in [0.2, 0.25) is 0 Å². The van der Waals surface area contributed by atoms with Crippen molar-refractivity contribution in [2.24, 2.45) is 16.8 Å². The van der Waals surface area contributed by atoms with Crippen LogP contribution in [0.1, 0.15) is 98.7 Å². The third-order valence-electron chi connectivity index (χ3n) is 6.31. The maximum absolute atomic E-state index is 13.9. The molecular weight excluding hydrogens is 635 g/mol. The van der Waals surface area contributed by atoms with E-state index >= 15 is 0 Å². The topological polar surface area (TPSA) is 53.5 Å². The van der Waals surface area contributed by atoms with Crippen LogP contribution in [0.2, 0.25) is 0 Å². The molecule has 2 rings (SSSR count). The summed E-state index contributed by atoms with van der Waals surface area (Å²) in [6.45, 7) is 19.8. The summed E-state index contributed by atoms with van der Waals surface area (Å²) >= 11 is 0. The number of benzene rings is 1. The van der Waals surface area contributed by atoms with Crippen molar-refractivity contribution in [2.75, 3.05) is 5.32 Å². The fraction of sp³-hybridized carbons (Fsp3) is 0.500. The summed E-state index contributed by atoms with van der Waals surface area (Å²) in [6, 6.07) is 2.51. The summed E-state index contributed by atoms with van der Waals surface area (Å²) in [4.78, 5) is 17.3. The third kappa shape index (κ3) is 16.6. The van der Waals surface area contributed by atoms with Crippen LogP contribution < -0.4 is 10.6 Å². The maximum atomic E-state index is 13.9. The summed E-state index contributed by atoms with van der Waals surface area (Å²) in [5, 5.41) is 6.82. The lowest BCUT2D eigenvalue weighted by atomic mass is 9.99. The zero-order chi connectivity index (χ0) is 36.4. The Morgan fingerprint density at radius 2 is 1.64 bits per heavy atom. The average molecular weight is 688 g/mol. The molecule has 0 bridgehead atoms. The Morgan fingerprint density at radius 1 is 1.04 bits per heavy atom. The highest BCUT2D eigenvalue weighted by molar-refractivity contribution is 7.45. The van der Waals surface area contributed by atoms with Crippen molar-refractivity contribution < 1.29 is 31.1 Å². The smallest absolute Gasteiger partial charge is 0.322 e. The molecule has 1 aliphatic rings. The molecule has 4 atom stereocenters. The van der Waals surface area contributed by atoms with E-state index in [0.717, 1.165) is 55.1 Å². The standard InChI is InChI=1S/C30H38F6N3OP.C3H8.C3H6/c1-7-9-25-26(15-10-18(3)4)41-27(17-37-25)38-20(6)23-16-22(13-14-24(23)30(34,35)36)39-28(40)21(8-2)12-11-19(5)29(31,32)33;2*1-3-2/h8-9,11-20,27,38,41H,7,10H2,1-6H3,(H,39,40);3H2,1-2H3;3H,1H2,2H3/b12-11-,21-8+,25-9+,26-15-;;. The van der Waals surface area contributed by atoms with Crippen molar-refractivity contribution in [1.29, 1.82) is 0 Å². The fourth-order valence-corrected chi connectivity index (χ4v) is 5.31. The molecule has 1 aliphatic heterocycles. The number of carbonyl (C=O) groups excluding carboxylic acids is 1. The van der Waals surface area contributed by atoms with Crippen LogP contribution in [0, 0.1) is 11.8 Å². The van der Waals surface area contributed by atoms with Gasteiger partial charge in [-0.15, -0.1) is 6.58 Å². The van der Waals surface area contributed by atoms with E-state index in [2.05, 4.69) is 56.0 Å². The number of anilines is 1. The normalized spacial score (nSPS) is 18.9. The molecule has 0 spiro atoms. The molecule has 47 heavy (non-hydrogen) atoms. The molecule has 0 saturated heterocycles. The molecule has 1 heterocycles. The van der Waals surface area contributed by atoms with Crippen molar-refractivity contribution in [3.05, 3.63) is 88.9 Å². The summed E-state index contributed by atoms with van der Waals surface area (Å²) < 4.78 is 80.3. The van der Waals surface area contributed by atoms with E-state index in [9.17, 15) is 31.1 Å². The molecule has 4 nitrogen and oxygen atoms in total. The van der Waals surface area contributed by atoms with Gasteiger partial charge < -0.3 is 5.32 Å². The highest BCUT2D eigenvalue weighted by Crippen LogP contribution is 2.41. The van der Waals surface area contributed by atoms with Gasteiger partial charge in [-0.2, -0.15) is 26.3 Å². The highest BCUT2D eigenvalue weighted by Gasteiger charge is 2.36. The second kappa shape index (κ2) is 21.8. The van der Waals surface area contributed by atoms with E-state index in [4.69, 9.17) is 0 Å². The Balaban J connectivity index is 0.00000326. The van der Waals surface area contributed by atoms with E-state index in [1.54, 1.807) is 19.2 Å². The van der Waals surface area contributed by atoms with Gasteiger partial charge in [-0.05, 0) is 68.6 Å². The molecule has 0 aromatic heterocycles. The minimum atomic E-state index is -4.64. The van der Waals surface area contributed by atoms with Gasteiger partial charge >= 0.3 is 12.4 Å². The lowest BCUT2D eigenvalue weighted by Gasteiger charge is -2.27. The van der Waals surface area contributed by atoms with Crippen LogP contribution >= 0.6 is 8.58 Å². The second-order valence-corrected chi connectivity index (χ2v) is 12.8. The van der Waals surface area contributed by atoms with Gasteiger partial charge in [0, 0.05) is 23.5 Å². The number of carbonyl (C=O) groups is 1. The zero-order valence-corrected chi connectivity index (χ0v) is 30.0. The quantitative estimate of drug-likeness (QED) is 0.0846. The first-order valence-electron chi connectivity index (χ1n) is 15.9. The molecule has 0 fully saturated rings. The van der Waals surface area contributed by atoms with Crippen LogP contribution in [0.3, 0.4) is 0 Å². The van der Waals surface area contributed by atoms with Crippen molar-refractivity contribution in [2.45, 2.75) is 106 Å². The van der Waals surface area contributed by atoms with Crippen molar-refractivity contribution in [3.63, 3.8) is 0 Å². The number of halogens is 6. The van der Waals surface area contributed by atoms with E-state index in [-0.39, 0.29) is 31.2 Å². The first-order valence-corrected chi connectivity index (χ1v) is 17.0. The number of allylic oxidation sites excluding steroid dienone is 6.